The number of ether oxygens (including phenoxy) is 1. The van der Waals surface area contributed by atoms with Gasteiger partial charge in [-0.15, -0.1) is 0 Å². The minimum absolute atomic E-state index is 0.230. The third kappa shape index (κ3) is 3.22. The monoisotopic (exact) mass is 312 g/mol. The molecular weight excluding hydrogens is 288 g/mol. The van der Waals surface area contributed by atoms with Crippen molar-refractivity contribution in [3.05, 3.63) is 23.3 Å². The molecule has 2 rings (SSSR count). The molecule has 1 atom stereocenters. The standard InChI is InChI=1S/C15H24N2O3S/c1-11-9-15(12(2)8-14(11)20-4)21(18,19)17-7-5-6-13(10-17)16-3/h8-9,13,16H,5-7,10H2,1-4H3. The van der Waals surface area contributed by atoms with E-state index in [0.717, 1.165) is 29.7 Å². The Kier molecular flexibility index (Phi) is 4.91. The molecule has 0 aliphatic carbocycles. The van der Waals surface area contributed by atoms with Crippen LogP contribution in [0.4, 0.5) is 0 Å². The molecule has 1 aromatic rings. The van der Waals surface area contributed by atoms with Crippen molar-refractivity contribution in [3.8, 4) is 5.75 Å². The smallest absolute Gasteiger partial charge is 0.243 e. The van der Waals surface area contributed by atoms with E-state index < -0.39 is 10.0 Å². The maximum Gasteiger partial charge on any atom is 0.243 e. The number of sulfonamides is 1. The van der Waals surface area contributed by atoms with Gasteiger partial charge in [-0.2, -0.15) is 4.31 Å². The molecule has 1 N–H and O–H groups in total. The number of methoxy groups -OCH3 is 1. The van der Waals surface area contributed by atoms with Crippen LogP contribution in [0.1, 0.15) is 24.0 Å². The zero-order chi connectivity index (χ0) is 15.6. The lowest BCUT2D eigenvalue weighted by Crippen LogP contribution is -2.46. The molecule has 0 amide bonds. The second-order valence-corrected chi connectivity index (χ2v) is 7.48. The van der Waals surface area contributed by atoms with Crippen LogP contribution in [-0.4, -0.2) is 46.0 Å². The first kappa shape index (κ1) is 16.3. The second kappa shape index (κ2) is 6.34. The van der Waals surface area contributed by atoms with E-state index in [-0.39, 0.29) is 6.04 Å². The quantitative estimate of drug-likeness (QED) is 0.919. The lowest BCUT2D eigenvalue weighted by Gasteiger charge is -2.32. The highest BCUT2D eigenvalue weighted by molar-refractivity contribution is 7.89. The van der Waals surface area contributed by atoms with Gasteiger partial charge in [0.1, 0.15) is 5.75 Å². The van der Waals surface area contributed by atoms with Crippen LogP contribution in [0, 0.1) is 13.8 Å². The number of rotatable bonds is 4. The fourth-order valence-corrected chi connectivity index (χ4v) is 4.61. The Labute approximate surface area is 127 Å². The highest BCUT2D eigenvalue weighted by Crippen LogP contribution is 2.29. The Balaban J connectivity index is 2.37. The average molecular weight is 312 g/mol. The van der Waals surface area contributed by atoms with Crippen LogP contribution in [-0.2, 0) is 10.0 Å². The summed E-state index contributed by atoms with van der Waals surface area (Å²) < 4.78 is 32.6. The minimum atomic E-state index is -3.45. The number of nitrogens with one attached hydrogen (secondary N) is 1. The van der Waals surface area contributed by atoms with E-state index >= 15 is 0 Å². The summed E-state index contributed by atoms with van der Waals surface area (Å²) in [6.45, 7) is 4.80. The fraction of sp³-hybridized carbons (Fsp3) is 0.600. The van der Waals surface area contributed by atoms with Crippen molar-refractivity contribution in [1.29, 1.82) is 0 Å². The summed E-state index contributed by atoms with van der Waals surface area (Å²) >= 11 is 0. The Bertz CT molecular complexity index is 614. The average Bonchev–Trinajstić information content (AvgIpc) is 2.49. The van der Waals surface area contributed by atoms with Gasteiger partial charge in [0.2, 0.25) is 10.0 Å². The summed E-state index contributed by atoms with van der Waals surface area (Å²) in [5.41, 5.74) is 1.56. The second-order valence-electron chi connectivity index (χ2n) is 5.58. The molecule has 1 heterocycles. The molecule has 0 spiro atoms. The van der Waals surface area contributed by atoms with Crippen LogP contribution in [0.3, 0.4) is 0 Å². The molecular formula is C15H24N2O3S. The number of piperidine rings is 1. The van der Waals surface area contributed by atoms with Gasteiger partial charge in [0.05, 0.1) is 12.0 Å². The summed E-state index contributed by atoms with van der Waals surface area (Å²) in [6.07, 6.45) is 1.90. The summed E-state index contributed by atoms with van der Waals surface area (Å²) in [7, 11) is 0.0285. The normalized spacial score (nSPS) is 20.5. The summed E-state index contributed by atoms with van der Waals surface area (Å²) in [5.74, 6) is 0.721. The van der Waals surface area contributed by atoms with Gasteiger partial charge in [0, 0.05) is 19.1 Å². The molecule has 118 valence electrons. The van der Waals surface area contributed by atoms with Gasteiger partial charge < -0.3 is 10.1 Å². The van der Waals surface area contributed by atoms with Crippen molar-refractivity contribution < 1.29 is 13.2 Å². The Morgan fingerprint density at radius 1 is 1.29 bits per heavy atom. The molecule has 1 aliphatic rings. The van der Waals surface area contributed by atoms with E-state index in [9.17, 15) is 8.42 Å². The van der Waals surface area contributed by atoms with Gasteiger partial charge in [-0.05, 0) is 57.0 Å². The molecule has 0 radical (unpaired) electrons. The van der Waals surface area contributed by atoms with Crippen molar-refractivity contribution in [2.45, 2.75) is 37.6 Å². The van der Waals surface area contributed by atoms with E-state index in [1.807, 2.05) is 20.9 Å². The van der Waals surface area contributed by atoms with Crippen LogP contribution >= 0.6 is 0 Å². The number of hydrogen-bond donors (Lipinski definition) is 1. The van der Waals surface area contributed by atoms with E-state index in [1.165, 1.54) is 0 Å². The van der Waals surface area contributed by atoms with Crippen LogP contribution in [0.2, 0.25) is 0 Å². The molecule has 1 aliphatic heterocycles. The molecule has 5 nitrogen and oxygen atoms in total. The lowest BCUT2D eigenvalue weighted by molar-refractivity contribution is 0.292. The molecule has 1 saturated heterocycles. The van der Waals surface area contributed by atoms with Crippen molar-refractivity contribution in [2.24, 2.45) is 0 Å². The van der Waals surface area contributed by atoms with Crippen molar-refractivity contribution >= 4 is 10.0 Å². The Morgan fingerprint density at radius 3 is 2.62 bits per heavy atom. The molecule has 0 aromatic heterocycles. The van der Waals surface area contributed by atoms with Gasteiger partial charge in [-0.3, -0.25) is 0 Å². The lowest BCUT2D eigenvalue weighted by atomic mass is 10.1. The molecule has 1 aromatic carbocycles. The predicted octanol–water partition coefficient (Wildman–Crippen LogP) is 1.68. The third-order valence-electron chi connectivity index (χ3n) is 4.10. The SMILES string of the molecule is CNC1CCCN(S(=O)(=O)c2cc(C)c(OC)cc2C)C1. The van der Waals surface area contributed by atoms with E-state index in [4.69, 9.17) is 4.74 Å². The highest BCUT2D eigenvalue weighted by Gasteiger charge is 2.31. The van der Waals surface area contributed by atoms with Gasteiger partial charge in [0.15, 0.2) is 0 Å². The van der Waals surface area contributed by atoms with Crippen molar-refractivity contribution in [3.63, 3.8) is 0 Å². The van der Waals surface area contributed by atoms with Crippen molar-refractivity contribution in [1.82, 2.24) is 9.62 Å². The Morgan fingerprint density at radius 2 is 2.00 bits per heavy atom. The fourth-order valence-electron chi connectivity index (χ4n) is 2.80. The van der Waals surface area contributed by atoms with Gasteiger partial charge in [-0.1, -0.05) is 0 Å². The summed E-state index contributed by atoms with van der Waals surface area (Å²) in [5, 5.41) is 3.18. The maximum atomic E-state index is 12.9. The van der Waals surface area contributed by atoms with Gasteiger partial charge >= 0.3 is 0 Å². The number of nitrogens with zero attached hydrogens (tertiary/aromatic N) is 1. The van der Waals surface area contributed by atoms with Gasteiger partial charge in [0.25, 0.3) is 0 Å². The van der Waals surface area contributed by atoms with E-state index in [2.05, 4.69) is 5.32 Å². The summed E-state index contributed by atoms with van der Waals surface area (Å²) in [6, 6.07) is 3.74. The molecule has 21 heavy (non-hydrogen) atoms. The molecule has 0 saturated carbocycles. The zero-order valence-electron chi connectivity index (χ0n) is 13.1. The van der Waals surface area contributed by atoms with Crippen LogP contribution in [0.25, 0.3) is 0 Å². The third-order valence-corrected chi connectivity index (χ3v) is 6.11. The minimum Gasteiger partial charge on any atom is -0.496 e. The maximum absolute atomic E-state index is 12.9. The molecule has 1 fully saturated rings. The topological polar surface area (TPSA) is 58.6 Å². The van der Waals surface area contributed by atoms with Crippen molar-refractivity contribution in [2.75, 3.05) is 27.2 Å². The number of benzene rings is 1. The van der Waals surface area contributed by atoms with Crippen LogP contribution in [0.15, 0.2) is 17.0 Å². The summed E-state index contributed by atoms with van der Waals surface area (Å²) in [4.78, 5) is 0.387. The molecule has 0 bridgehead atoms. The number of likely N-dealkylation sites (N-methyl/N-ethyl adjacent to an activating group) is 1. The predicted molar refractivity (Wildman–Crippen MR) is 83.3 cm³/mol. The van der Waals surface area contributed by atoms with E-state index in [1.54, 1.807) is 23.5 Å². The first-order chi connectivity index (χ1) is 9.90. The Hall–Kier alpha value is -1.11. The van der Waals surface area contributed by atoms with Crippen LogP contribution in [0.5, 0.6) is 5.75 Å². The molecule has 6 heteroatoms. The first-order valence-electron chi connectivity index (χ1n) is 7.22. The largest absolute Gasteiger partial charge is 0.496 e. The molecule has 1 unspecified atom stereocenters. The van der Waals surface area contributed by atoms with Crippen LogP contribution < -0.4 is 10.1 Å². The van der Waals surface area contributed by atoms with E-state index in [0.29, 0.717) is 18.0 Å². The number of aryl methyl sites for hydroxylation is 2. The zero-order valence-corrected chi connectivity index (χ0v) is 14.0. The first-order valence-corrected chi connectivity index (χ1v) is 8.66. The van der Waals surface area contributed by atoms with Gasteiger partial charge in [-0.25, -0.2) is 8.42 Å². The number of hydrogen-bond acceptors (Lipinski definition) is 4. The highest BCUT2D eigenvalue weighted by atomic mass is 32.2.